The van der Waals surface area contributed by atoms with Crippen molar-refractivity contribution < 1.29 is 28.6 Å². The first-order chi connectivity index (χ1) is 11.4. The van der Waals surface area contributed by atoms with E-state index in [0.29, 0.717) is 0 Å². The highest BCUT2D eigenvalue weighted by molar-refractivity contribution is 5.96. The molecule has 0 aromatic carbocycles. The van der Waals surface area contributed by atoms with Crippen LogP contribution in [0.4, 0.5) is 0 Å². The number of esters is 3. The smallest absolute Gasteiger partial charge is 0.320 e. The third-order valence-corrected chi connectivity index (χ3v) is 3.78. The Labute approximate surface area is 150 Å². The summed E-state index contributed by atoms with van der Waals surface area (Å²) in [5, 5.41) is 0. The second-order valence-corrected chi connectivity index (χ2v) is 7.37. The van der Waals surface area contributed by atoms with Crippen LogP contribution < -0.4 is 0 Å². The Kier molecular flexibility index (Phi) is 8.88. The lowest BCUT2D eigenvalue weighted by Crippen LogP contribution is -2.47. The highest BCUT2D eigenvalue weighted by atomic mass is 16.6. The fraction of sp³-hybridized carbons (Fsp3) is 0.737. The maximum absolute atomic E-state index is 12.7. The summed E-state index contributed by atoms with van der Waals surface area (Å²) in [6, 6.07) is 0. The Morgan fingerprint density at radius 1 is 0.920 bits per heavy atom. The van der Waals surface area contributed by atoms with Gasteiger partial charge in [-0.25, -0.2) is 0 Å². The van der Waals surface area contributed by atoms with Crippen LogP contribution in [0.1, 0.15) is 54.9 Å². The Bertz CT molecular complexity index is 469. The molecular weight excluding hydrogens is 324 g/mol. The molecule has 6 heteroatoms. The van der Waals surface area contributed by atoms with Gasteiger partial charge in [-0.1, -0.05) is 19.9 Å². The molecule has 0 radical (unpaired) electrons. The summed E-state index contributed by atoms with van der Waals surface area (Å²) in [6.07, 6.45) is 1.83. The van der Waals surface area contributed by atoms with Crippen molar-refractivity contribution in [3.63, 3.8) is 0 Å². The molecule has 0 N–H and O–H groups in total. The van der Waals surface area contributed by atoms with Crippen LogP contribution in [0.15, 0.2) is 12.7 Å². The number of ether oxygens (including phenoxy) is 3. The minimum absolute atomic E-state index is 0.128. The fourth-order valence-corrected chi connectivity index (χ4v) is 2.60. The van der Waals surface area contributed by atoms with E-state index in [2.05, 4.69) is 6.58 Å². The largest absolute Gasteiger partial charge is 0.465 e. The van der Waals surface area contributed by atoms with Gasteiger partial charge in [0.2, 0.25) is 0 Å². The summed E-state index contributed by atoms with van der Waals surface area (Å²) < 4.78 is 15.6. The fourth-order valence-electron chi connectivity index (χ4n) is 2.60. The number of allylic oxidation sites excluding steroid dienone is 1. The summed E-state index contributed by atoms with van der Waals surface area (Å²) in [5.41, 5.74) is -1.76. The minimum Gasteiger partial charge on any atom is -0.465 e. The van der Waals surface area contributed by atoms with Gasteiger partial charge in [-0.05, 0) is 41.0 Å². The van der Waals surface area contributed by atoms with Gasteiger partial charge in [0.15, 0.2) is 5.92 Å². The van der Waals surface area contributed by atoms with Gasteiger partial charge in [0.1, 0.15) is 5.60 Å². The zero-order valence-corrected chi connectivity index (χ0v) is 16.5. The van der Waals surface area contributed by atoms with Gasteiger partial charge in [-0.15, -0.1) is 6.58 Å². The van der Waals surface area contributed by atoms with E-state index in [1.165, 1.54) is 0 Å². The van der Waals surface area contributed by atoms with E-state index >= 15 is 0 Å². The predicted octanol–water partition coefficient (Wildman–Crippen LogP) is 3.29. The lowest BCUT2D eigenvalue weighted by Gasteiger charge is -2.37. The Balaban J connectivity index is 5.86. The van der Waals surface area contributed by atoms with Crippen LogP contribution in [-0.2, 0) is 28.6 Å². The van der Waals surface area contributed by atoms with Gasteiger partial charge in [0.25, 0.3) is 0 Å². The Morgan fingerprint density at radius 2 is 1.36 bits per heavy atom. The SMILES string of the molecule is C=CCC(C(=O)OC(C)(C)C)C(C)(C)C(C(=O)OCC)C(=O)OCC. The van der Waals surface area contributed by atoms with Crippen molar-refractivity contribution in [2.45, 2.75) is 60.5 Å². The van der Waals surface area contributed by atoms with Gasteiger partial charge in [0, 0.05) is 5.41 Å². The van der Waals surface area contributed by atoms with Crippen LogP contribution in [0.3, 0.4) is 0 Å². The molecule has 0 aromatic rings. The molecule has 0 spiro atoms. The molecule has 25 heavy (non-hydrogen) atoms. The zero-order chi connectivity index (χ0) is 19.8. The van der Waals surface area contributed by atoms with E-state index < -0.39 is 40.8 Å². The number of hydrogen-bond donors (Lipinski definition) is 0. The third-order valence-electron chi connectivity index (χ3n) is 3.78. The summed E-state index contributed by atoms with van der Waals surface area (Å²) in [6.45, 7) is 15.9. The van der Waals surface area contributed by atoms with Gasteiger partial charge >= 0.3 is 17.9 Å². The predicted molar refractivity (Wildman–Crippen MR) is 94.7 cm³/mol. The highest BCUT2D eigenvalue weighted by Crippen LogP contribution is 2.40. The van der Waals surface area contributed by atoms with Crippen molar-refractivity contribution in [2.24, 2.45) is 17.3 Å². The van der Waals surface area contributed by atoms with Crippen molar-refractivity contribution in [3.8, 4) is 0 Å². The van der Waals surface area contributed by atoms with Crippen LogP contribution in [0, 0.1) is 17.3 Å². The van der Waals surface area contributed by atoms with Crippen molar-refractivity contribution in [3.05, 3.63) is 12.7 Å². The lowest BCUT2D eigenvalue weighted by atomic mass is 9.67. The molecular formula is C19H32O6. The number of rotatable bonds is 9. The molecule has 144 valence electrons. The molecule has 0 heterocycles. The first kappa shape index (κ1) is 23.1. The van der Waals surface area contributed by atoms with E-state index in [9.17, 15) is 14.4 Å². The average Bonchev–Trinajstić information content (AvgIpc) is 2.42. The molecule has 0 aliphatic rings. The molecule has 1 unspecified atom stereocenters. The topological polar surface area (TPSA) is 78.9 Å². The summed E-state index contributed by atoms with van der Waals surface area (Å²) >= 11 is 0. The van der Waals surface area contributed by atoms with E-state index in [1.807, 2.05) is 0 Å². The molecule has 6 nitrogen and oxygen atoms in total. The van der Waals surface area contributed by atoms with Crippen LogP contribution in [0.2, 0.25) is 0 Å². The molecule has 0 aromatic heterocycles. The summed E-state index contributed by atoms with van der Waals surface area (Å²) in [7, 11) is 0. The molecule has 0 rings (SSSR count). The first-order valence-electron chi connectivity index (χ1n) is 8.59. The number of hydrogen-bond acceptors (Lipinski definition) is 6. The molecule has 0 fully saturated rings. The third kappa shape index (κ3) is 6.88. The maximum atomic E-state index is 12.7. The van der Waals surface area contributed by atoms with E-state index in [1.54, 1.807) is 54.5 Å². The Hall–Kier alpha value is -1.85. The standard InChI is InChI=1S/C19H32O6/c1-9-12-13(15(20)25-18(4,5)6)19(7,8)14(16(21)23-10-2)17(22)24-11-3/h9,13-14H,1,10-12H2,2-8H3. The van der Waals surface area contributed by atoms with Gasteiger partial charge in [-0.2, -0.15) is 0 Å². The van der Waals surface area contributed by atoms with Crippen LogP contribution >= 0.6 is 0 Å². The van der Waals surface area contributed by atoms with E-state index in [0.717, 1.165) is 0 Å². The van der Waals surface area contributed by atoms with Crippen molar-refractivity contribution in [1.82, 2.24) is 0 Å². The van der Waals surface area contributed by atoms with Crippen LogP contribution in [0.5, 0.6) is 0 Å². The molecule has 0 amide bonds. The molecule has 1 atom stereocenters. The molecule has 0 aliphatic carbocycles. The highest BCUT2D eigenvalue weighted by Gasteiger charge is 2.50. The first-order valence-corrected chi connectivity index (χ1v) is 8.59. The second-order valence-electron chi connectivity index (χ2n) is 7.37. The maximum Gasteiger partial charge on any atom is 0.320 e. The number of carbonyl (C=O) groups is 3. The van der Waals surface area contributed by atoms with Crippen LogP contribution in [0.25, 0.3) is 0 Å². The number of carbonyl (C=O) groups excluding carboxylic acids is 3. The molecule has 0 bridgehead atoms. The van der Waals surface area contributed by atoms with Crippen molar-refractivity contribution in [2.75, 3.05) is 13.2 Å². The monoisotopic (exact) mass is 356 g/mol. The van der Waals surface area contributed by atoms with Crippen molar-refractivity contribution in [1.29, 1.82) is 0 Å². The summed E-state index contributed by atoms with van der Waals surface area (Å²) in [4.78, 5) is 37.5. The minimum atomic E-state index is -1.23. The lowest BCUT2D eigenvalue weighted by molar-refractivity contribution is -0.176. The molecule has 0 aliphatic heterocycles. The van der Waals surface area contributed by atoms with Gasteiger partial charge in [0.05, 0.1) is 19.1 Å². The summed E-state index contributed by atoms with van der Waals surface area (Å²) in [5.74, 6) is -3.88. The van der Waals surface area contributed by atoms with Gasteiger partial charge in [-0.3, -0.25) is 14.4 Å². The molecule has 0 saturated heterocycles. The average molecular weight is 356 g/mol. The van der Waals surface area contributed by atoms with E-state index in [4.69, 9.17) is 14.2 Å². The Morgan fingerprint density at radius 3 is 1.68 bits per heavy atom. The normalized spacial score (nSPS) is 13.1. The van der Waals surface area contributed by atoms with Gasteiger partial charge < -0.3 is 14.2 Å². The van der Waals surface area contributed by atoms with E-state index in [-0.39, 0.29) is 19.6 Å². The van der Waals surface area contributed by atoms with Crippen LogP contribution in [-0.4, -0.2) is 36.7 Å². The zero-order valence-electron chi connectivity index (χ0n) is 16.5. The van der Waals surface area contributed by atoms with Crippen molar-refractivity contribution >= 4 is 17.9 Å². The molecule has 0 saturated carbocycles. The second kappa shape index (κ2) is 9.59. The quantitative estimate of drug-likeness (QED) is 0.273.